The number of aromatic nitrogens is 1. The Morgan fingerprint density at radius 3 is 2.82 bits per heavy atom. The molecule has 0 radical (unpaired) electrons. The Hall–Kier alpha value is -2.27. The van der Waals surface area contributed by atoms with Crippen LogP contribution in [0.3, 0.4) is 0 Å². The monoisotopic (exact) mass is 319 g/mol. The van der Waals surface area contributed by atoms with Crippen LogP contribution in [0.5, 0.6) is 0 Å². The van der Waals surface area contributed by atoms with Crippen LogP contribution in [0.4, 0.5) is 11.4 Å². The molecule has 1 heterocycles. The number of pyridine rings is 1. The van der Waals surface area contributed by atoms with Gasteiger partial charge in [-0.15, -0.1) is 0 Å². The molecule has 2 rings (SSSR count). The molecule has 0 atom stereocenters. The maximum atomic E-state index is 11.8. The Labute approximate surface area is 133 Å². The van der Waals surface area contributed by atoms with Crippen molar-refractivity contribution in [2.45, 2.75) is 25.8 Å². The van der Waals surface area contributed by atoms with Crippen molar-refractivity contribution < 1.29 is 4.79 Å². The van der Waals surface area contributed by atoms with E-state index in [0.717, 1.165) is 6.42 Å². The van der Waals surface area contributed by atoms with Crippen LogP contribution in [0, 0.1) is 0 Å². The van der Waals surface area contributed by atoms with Gasteiger partial charge in [0.25, 0.3) is 5.56 Å². The minimum atomic E-state index is -0.0892. The molecule has 0 aliphatic rings. The van der Waals surface area contributed by atoms with Gasteiger partial charge in [-0.05, 0) is 37.1 Å². The SMILES string of the molecule is Nc1cccc(NC(=O)CCCCn2cc(Cl)ccc2=O)c1. The van der Waals surface area contributed by atoms with Crippen LogP contribution in [0.25, 0.3) is 0 Å². The van der Waals surface area contributed by atoms with Gasteiger partial charge in [-0.3, -0.25) is 9.59 Å². The van der Waals surface area contributed by atoms with Crippen LogP contribution in [0.2, 0.25) is 5.02 Å². The van der Waals surface area contributed by atoms with Crippen molar-refractivity contribution in [1.82, 2.24) is 4.57 Å². The second-order valence-electron chi connectivity index (χ2n) is 5.01. The molecule has 0 aliphatic heterocycles. The Morgan fingerprint density at radius 2 is 2.05 bits per heavy atom. The normalized spacial score (nSPS) is 10.4. The van der Waals surface area contributed by atoms with Gasteiger partial charge in [0.2, 0.25) is 5.91 Å². The zero-order chi connectivity index (χ0) is 15.9. The highest BCUT2D eigenvalue weighted by atomic mass is 35.5. The molecule has 0 saturated carbocycles. The lowest BCUT2D eigenvalue weighted by Crippen LogP contribution is -2.18. The van der Waals surface area contributed by atoms with E-state index >= 15 is 0 Å². The number of hydrogen-bond acceptors (Lipinski definition) is 3. The number of aryl methyl sites for hydroxylation is 1. The highest BCUT2D eigenvalue weighted by Gasteiger charge is 2.03. The fourth-order valence-electron chi connectivity index (χ4n) is 2.08. The van der Waals surface area contributed by atoms with Gasteiger partial charge in [0.1, 0.15) is 0 Å². The fraction of sp³-hybridized carbons (Fsp3) is 0.250. The van der Waals surface area contributed by atoms with Crippen molar-refractivity contribution in [1.29, 1.82) is 0 Å². The lowest BCUT2D eigenvalue weighted by Gasteiger charge is -2.07. The molecule has 22 heavy (non-hydrogen) atoms. The molecule has 0 spiro atoms. The zero-order valence-electron chi connectivity index (χ0n) is 12.1. The van der Waals surface area contributed by atoms with E-state index in [0.29, 0.717) is 35.8 Å². The number of unbranched alkanes of at least 4 members (excludes halogenated alkanes) is 1. The number of nitrogens with zero attached hydrogens (tertiary/aromatic N) is 1. The topological polar surface area (TPSA) is 77.1 Å². The fourth-order valence-corrected chi connectivity index (χ4v) is 2.27. The van der Waals surface area contributed by atoms with Crippen molar-refractivity contribution in [3.63, 3.8) is 0 Å². The third-order valence-electron chi connectivity index (χ3n) is 3.17. The Kier molecular flexibility index (Phi) is 5.61. The van der Waals surface area contributed by atoms with E-state index in [4.69, 9.17) is 17.3 Å². The van der Waals surface area contributed by atoms with Crippen molar-refractivity contribution in [2.75, 3.05) is 11.1 Å². The number of hydrogen-bond donors (Lipinski definition) is 2. The first-order valence-corrected chi connectivity index (χ1v) is 7.44. The summed E-state index contributed by atoms with van der Waals surface area (Å²) in [7, 11) is 0. The van der Waals surface area contributed by atoms with E-state index in [1.165, 1.54) is 6.07 Å². The molecule has 5 nitrogen and oxygen atoms in total. The zero-order valence-corrected chi connectivity index (χ0v) is 12.8. The predicted molar refractivity (Wildman–Crippen MR) is 89.0 cm³/mol. The van der Waals surface area contributed by atoms with Gasteiger partial charge in [0, 0.05) is 36.6 Å². The number of nitrogens with one attached hydrogen (secondary N) is 1. The molecule has 6 heteroatoms. The first-order chi connectivity index (χ1) is 10.5. The van der Waals surface area contributed by atoms with Gasteiger partial charge in [0.05, 0.1) is 5.02 Å². The van der Waals surface area contributed by atoms with Crippen molar-refractivity contribution in [2.24, 2.45) is 0 Å². The van der Waals surface area contributed by atoms with Gasteiger partial charge < -0.3 is 15.6 Å². The highest BCUT2D eigenvalue weighted by molar-refractivity contribution is 6.30. The van der Waals surface area contributed by atoms with Gasteiger partial charge in [-0.2, -0.15) is 0 Å². The van der Waals surface area contributed by atoms with Gasteiger partial charge >= 0.3 is 0 Å². The van der Waals surface area contributed by atoms with Crippen molar-refractivity contribution >= 4 is 28.9 Å². The molecule has 0 fully saturated rings. The maximum Gasteiger partial charge on any atom is 0.250 e. The van der Waals surface area contributed by atoms with Crippen LogP contribution in [0.1, 0.15) is 19.3 Å². The molecule has 0 aliphatic carbocycles. The molecular weight excluding hydrogens is 302 g/mol. The van der Waals surface area contributed by atoms with Crippen LogP contribution in [-0.2, 0) is 11.3 Å². The number of carbonyl (C=O) groups excluding carboxylic acids is 1. The number of carbonyl (C=O) groups is 1. The first kappa shape index (κ1) is 16.1. The Balaban J connectivity index is 1.75. The van der Waals surface area contributed by atoms with Crippen LogP contribution in [0.15, 0.2) is 47.4 Å². The third-order valence-corrected chi connectivity index (χ3v) is 3.39. The van der Waals surface area contributed by atoms with E-state index in [9.17, 15) is 9.59 Å². The first-order valence-electron chi connectivity index (χ1n) is 7.06. The Morgan fingerprint density at radius 1 is 1.23 bits per heavy atom. The largest absolute Gasteiger partial charge is 0.399 e. The van der Waals surface area contributed by atoms with Crippen LogP contribution >= 0.6 is 11.6 Å². The van der Waals surface area contributed by atoms with Crippen LogP contribution < -0.4 is 16.6 Å². The number of anilines is 2. The van der Waals surface area contributed by atoms with Crippen LogP contribution in [-0.4, -0.2) is 10.5 Å². The van der Waals surface area contributed by atoms with E-state index in [2.05, 4.69) is 5.32 Å². The molecule has 1 amide bonds. The van der Waals surface area contributed by atoms with Crippen molar-refractivity contribution in [3.8, 4) is 0 Å². The maximum absolute atomic E-state index is 11.8. The molecule has 0 unspecified atom stereocenters. The summed E-state index contributed by atoms with van der Waals surface area (Å²) in [5.74, 6) is -0.0657. The predicted octanol–water partition coefficient (Wildman–Crippen LogP) is 2.89. The summed E-state index contributed by atoms with van der Waals surface area (Å²) < 4.78 is 1.55. The number of rotatable bonds is 6. The van der Waals surface area contributed by atoms with Gasteiger partial charge in [-0.1, -0.05) is 17.7 Å². The number of amides is 1. The summed E-state index contributed by atoms with van der Waals surface area (Å²) in [5, 5.41) is 3.32. The van der Waals surface area contributed by atoms with Gasteiger partial charge in [-0.25, -0.2) is 0 Å². The van der Waals surface area contributed by atoms with Crippen molar-refractivity contribution in [3.05, 3.63) is 58.0 Å². The Bertz CT molecular complexity index is 713. The molecule has 3 N–H and O–H groups in total. The summed E-state index contributed by atoms with van der Waals surface area (Å²) in [6.07, 6.45) is 3.42. The second-order valence-corrected chi connectivity index (χ2v) is 5.45. The average molecular weight is 320 g/mol. The number of nitrogens with two attached hydrogens (primary N) is 1. The standard InChI is InChI=1S/C16H18ClN3O2/c17-12-7-8-16(22)20(11-12)9-2-1-6-15(21)19-14-5-3-4-13(18)10-14/h3-5,7-8,10-11H,1-2,6,9,18H2,(H,19,21). The minimum absolute atomic E-state index is 0.0657. The van der Waals surface area contributed by atoms with E-state index in [1.54, 1.807) is 41.1 Å². The van der Waals surface area contributed by atoms with Gasteiger partial charge in [0.15, 0.2) is 0 Å². The quantitative estimate of drug-likeness (QED) is 0.635. The second kappa shape index (κ2) is 7.66. The summed E-state index contributed by atoms with van der Waals surface area (Å²) in [4.78, 5) is 23.4. The molecule has 0 bridgehead atoms. The lowest BCUT2D eigenvalue weighted by molar-refractivity contribution is -0.116. The third kappa shape index (κ3) is 4.93. The number of benzene rings is 1. The summed E-state index contributed by atoms with van der Waals surface area (Å²) >= 11 is 5.85. The summed E-state index contributed by atoms with van der Waals surface area (Å²) in [6.45, 7) is 0.547. The number of nitrogen functional groups attached to an aromatic ring is 1. The minimum Gasteiger partial charge on any atom is -0.399 e. The molecule has 0 saturated heterocycles. The molecule has 2 aromatic rings. The number of halogens is 1. The van der Waals surface area contributed by atoms with E-state index in [-0.39, 0.29) is 11.5 Å². The summed E-state index contributed by atoms with van der Waals surface area (Å²) in [5.41, 5.74) is 6.86. The smallest absolute Gasteiger partial charge is 0.250 e. The molecular formula is C16H18ClN3O2. The van der Waals surface area contributed by atoms with E-state index < -0.39 is 0 Å². The highest BCUT2D eigenvalue weighted by Crippen LogP contribution is 2.12. The molecule has 1 aromatic carbocycles. The molecule has 116 valence electrons. The average Bonchev–Trinajstić information content (AvgIpc) is 2.47. The lowest BCUT2D eigenvalue weighted by atomic mass is 10.2. The summed E-state index contributed by atoms with van der Waals surface area (Å²) in [6, 6.07) is 10.1. The molecule has 1 aromatic heterocycles. The van der Waals surface area contributed by atoms with E-state index in [1.807, 2.05) is 0 Å².